The maximum Gasteiger partial charge on any atom is 0.147 e. The molecule has 0 bridgehead atoms. The van der Waals surface area contributed by atoms with Crippen molar-refractivity contribution in [2.45, 2.75) is 19.9 Å². The predicted octanol–water partition coefficient (Wildman–Crippen LogP) is 2.82. The van der Waals surface area contributed by atoms with Crippen LogP contribution in [-0.2, 0) is 0 Å². The van der Waals surface area contributed by atoms with Crippen molar-refractivity contribution < 1.29 is 0 Å². The standard InChI is InChI=1S/C13H16N4S/c1-9-12(16-14)15-8-17(13(9)18)10(2)11-6-4-3-5-7-11/h3-8,10,16H,14H2,1-2H3. The van der Waals surface area contributed by atoms with Gasteiger partial charge in [0.15, 0.2) is 0 Å². The highest BCUT2D eigenvalue weighted by atomic mass is 32.1. The molecule has 5 heteroatoms. The smallest absolute Gasteiger partial charge is 0.147 e. The molecule has 18 heavy (non-hydrogen) atoms. The minimum Gasteiger partial charge on any atom is -0.316 e. The van der Waals surface area contributed by atoms with E-state index in [4.69, 9.17) is 18.1 Å². The normalized spacial score (nSPS) is 12.2. The van der Waals surface area contributed by atoms with E-state index in [9.17, 15) is 0 Å². The van der Waals surface area contributed by atoms with E-state index in [1.54, 1.807) is 6.33 Å². The fourth-order valence-corrected chi connectivity index (χ4v) is 2.18. The lowest BCUT2D eigenvalue weighted by Gasteiger charge is -2.18. The van der Waals surface area contributed by atoms with Crippen molar-refractivity contribution in [1.29, 1.82) is 0 Å². The fourth-order valence-electron chi connectivity index (χ4n) is 1.88. The van der Waals surface area contributed by atoms with Crippen LogP contribution in [-0.4, -0.2) is 9.55 Å². The topological polar surface area (TPSA) is 55.9 Å². The highest BCUT2D eigenvalue weighted by Gasteiger charge is 2.10. The second kappa shape index (κ2) is 5.29. The van der Waals surface area contributed by atoms with Crippen LogP contribution in [0.4, 0.5) is 5.82 Å². The maximum atomic E-state index is 5.45. The minimum atomic E-state index is 0.150. The van der Waals surface area contributed by atoms with E-state index in [2.05, 4.69) is 29.5 Å². The molecular formula is C13H16N4S. The Kier molecular flexibility index (Phi) is 3.74. The van der Waals surface area contributed by atoms with E-state index >= 15 is 0 Å². The molecule has 94 valence electrons. The van der Waals surface area contributed by atoms with Gasteiger partial charge < -0.3 is 9.99 Å². The van der Waals surface area contributed by atoms with E-state index in [0.29, 0.717) is 5.82 Å². The first-order valence-corrected chi connectivity index (χ1v) is 6.15. The molecule has 0 radical (unpaired) electrons. The van der Waals surface area contributed by atoms with E-state index in [1.807, 2.05) is 29.7 Å². The molecule has 0 aliphatic rings. The molecular weight excluding hydrogens is 244 g/mol. The van der Waals surface area contributed by atoms with E-state index in [-0.39, 0.29) is 6.04 Å². The lowest BCUT2D eigenvalue weighted by molar-refractivity contribution is 0.612. The van der Waals surface area contributed by atoms with Crippen LogP contribution in [0.2, 0.25) is 0 Å². The van der Waals surface area contributed by atoms with Gasteiger partial charge >= 0.3 is 0 Å². The molecule has 0 spiro atoms. The summed E-state index contributed by atoms with van der Waals surface area (Å²) in [5.74, 6) is 6.01. The van der Waals surface area contributed by atoms with Crippen molar-refractivity contribution >= 4 is 18.0 Å². The second-order valence-corrected chi connectivity index (χ2v) is 4.55. The van der Waals surface area contributed by atoms with Crippen LogP contribution < -0.4 is 11.3 Å². The van der Waals surface area contributed by atoms with Crippen molar-refractivity contribution in [2.75, 3.05) is 5.43 Å². The first-order valence-electron chi connectivity index (χ1n) is 5.74. The first kappa shape index (κ1) is 12.7. The minimum absolute atomic E-state index is 0.150. The molecule has 2 aromatic rings. The van der Waals surface area contributed by atoms with Crippen LogP contribution in [0.1, 0.15) is 24.1 Å². The van der Waals surface area contributed by atoms with Crippen molar-refractivity contribution in [2.24, 2.45) is 5.84 Å². The average molecular weight is 260 g/mol. The summed E-state index contributed by atoms with van der Waals surface area (Å²) in [5, 5.41) is 0. The lowest BCUT2D eigenvalue weighted by atomic mass is 10.1. The van der Waals surface area contributed by atoms with Crippen LogP contribution in [0.25, 0.3) is 0 Å². The molecule has 0 aliphatic carbocycles. The highest BCUT2D eigenvalue weighted by molar-refractivity contribution is 7.71. The van der Waals surface area contributed by atoms with Gasteiger partial charge in [-0.1, -0.05) is 42.5 Å². The number of nitrogens with one attached hydrogen (secondary N) is 1. The van der Waals surface area contributed by atoms with Crippen LogP contribution in [0, 0.1) is 11.6 Å². The Morgan fingerprint density at radius 1 is 1.33 bits per heavy atom. The Labute approximate surface area is 111 Å². The molecule has 0 amide bonds. The molecule has 0 saturated heterocycles. The van der Waals surface area contributed by atoms with E-state index in [1.165, 1.54) is 5.56 Å². The van der Waals surface area contributed by atoms with Gasteiger partial charge in [0, 0.05) is 5.56 Å². The Morgan fingerprint density at radius 2 is 2.00 bits per heavy atom. The monoisotopic (exact) mass is 260 g/mol. The van der Waals surface area contributed by atoms with Gasteiger partial charge in [-0.05, 0) is 19.4 Å². The third kappa shape index (κ3) is 2.27. The van der Waals surface area contributed by atoms with Crippen molar-refractivity contribution in [1.82, 2.24) is 9.55 Å². The molecule has 1 unspecified atom stereocenters. The van der Waals surface area contributed by atoms with Crippen molar-refractivity contribution in [3.05, 3.63) is 52.4 Å². The molecule has 1 heterocycles. The largest absolute Gasteiger partial charge is 0.316 e. The number of rotatable bonds is 3. The number of benzene rings is 1. The first-order chi connectivity index (χ1) is 8.65. The van der Waals surface area contributed by atoms with Crippen molar-refractivity contribution in [3.8, 4) is 0 Å². The summed E-state index contributed by atoms with van der Waals surface area (Å²) in [6.45, 7) is 4.01. The van der Waals surface area contributed by atoms with Gasteiger partial charge in [-0.25, -0.2) is 10.8 Å². The number of anilines is 1. The predicted molar refractivity (Wildman–Crippen MR) is 75.9 cm³/mol. The molecule has 4 nitrogen and oxygen atoms in total. The zero-order chi connectivity index (χ0) is 13.1. The number of nitrogens with zero attached hydrogens (tertiary/aromatic N) is 2. The summed E-state index contributed by atoms with van der Waals surface area (Å²) in [6, 6.07) is 10.3. The second-order valence-electron chi connectivity index (χ2n) is 4.16. The fraction of sp³-hybridized carbons (Fsp3) is 0.231. The summed E-state index contributed by atoms with van der Waals surface area (Å²) in [4.78, 5) is 4.26. The number of hydrazine groups is 1. The molecule has 0 saturated carbocycles. The van der Waals surface area contributed by atoms with E-state index < -0.39 is 0 Å². The van der Waals surface area contributed by atoms with Crippen molar-refractivity contribution in [3.63, 3.8) is 0 Å². The molecule has 3 N–H and O–H groups in total. The number of nitrogens with two attached hydrogens (primary N) is 1. The van der Waals surface area contributed by atoms with Crippen LogP contribution in [0.5, 0.6) is 0 Å². The third-order valence-electron chi connectivity index (χ3n) is 3.06. The Bertz CT molecular complexity index is 592. The third-order valence-corrected chi connectivity index (χ3v) is 3.57. The molecule has 1 aromatic heterocycles. The Hall–Kier alpha value is -1.72. The average Bonchev–Trinajstić information content (AvgIpc) is 2.42. The van der Waals surface area contributed by atoms with Crippen LogP contribution in [0.15, 0.2) is 36.7 Å². The summed E-state index contributed by atoms with van der Waals surface area (Å²) in [6.07, 6.45) is 1.72. The zero-order valence-corrected chi connectivity index (χ0v) is 11.2. The molecule has 2 rings (SSSR count). The van der Waals surface area contributed by atoms with Gasteiger partial charge in [0.05, 0.1) is 12.4 Å². The van der Waals surface area contributed by atoms with Gasteiger partial charge in [0.1, 0.15) is 10.5 Å². The zero-order valence-electron chi connectivity index (χ0n) is 10.4. The number of hydrogen-bond donors (Lipinski definition) is 2. The SMILES string of the molecule is Cc1c(NN)ncn(C(C)c2ccccc2)c1=S. The van der Waals surface area contributed by atoms with E-state index in [0.717, 1.165) is 10.2 Å². The Balaban J connectivity index is 2.47. The Morgan fingerprint density at radius 3 is 2.61 bits per heavy atom. The quantitative estimate of drug-likeness (QED) is 0.506. The summed E-state index contributed by atoms with van der Waals surface area (Å²) < 4.78 is 2.72. The number of hydrogen-bond acceptors (Lipinski definition) is 4. The van der Waals surface area contributed by atoms with Crippen LogP contribution in [0.3, 0.4) is 0 Å². The maximum absolute atomic E-state index is 5.45. The number of nitrogen functional groups attached to an aromatic ring is 1. The number of aromatic nitrogens is 2. The molecule has 1 atom stereocenters. The van der Waals surface area contributed by atoms with Gasteiger partial charge in [-0.15, -0.1) is 0 Å². The lowest BCUT2D eigenvalue weighted by Crippen LogP contribution is -2.15. The van der Waals surface area contributed by atoms with Gasteiger partial charge in [0.25, 0.3) is 0 Å². The molecule has 0 aliphatic heterocycles. The van der Waals surface area contributed by atoms with Gasteiger partial charge in [-0.3, -0.25) is 0 Å². The van der Waals surface area contributed by atoms with Gasteiger partial charge in [-0.2, -0.15) is 0 Å². The molecule has 0 fully saturated rings. The summed E-state index contributed by atoms with van der Waals surface area (Å²) in [5.41, 5.74) is 4.64. The summed E-state index contributed by atoms with van der Waals surface area (Å²) in [7, 11) is 0. The van der Waals surface area contributed by atoms with Gasteiger partial charge in [0.2, 0.25) is 0 Å². The van der Waals surface area contributed by atoms with Crippen LogP contribution >= 0.6 is 12.2 Å². The molecule has 1 aromatic carbocycles. The highest BCUT2D eigenvalue weighted by Crippen LogP contribution is 2.20. The summed E-state index contributed by atoms with van der Waals surface area (Å²) >= 11 is 5.45.